The number of hydrogen-bond acceptors (Lipinski definition) is 3. The topological polar surface area (TPSA) is 42.9 Å². The fourth-order valence-corrected chi connectivity index (χ4v) is 1.54. The molecule has 3 nitrogen and oxygen atoms in total. The molecule has 1 aromatic heterocycles. The third-order valence-electron chi connectivity index (χ3n) is 1.97. The molecule has 4 heteroatoms. The Morgan fingerprint density at radius 3 is 2.73 bits per heavy atom. The van der Waals surface area contributed by atoms with Gasteiger partial charge in [-0.2, -0.15) is 0 Å². The zero-order chi connectivity index (χ0) is 10.7. The lowest BCUT2D eigenvalue weighted by Gasteiger charge is -2.02. The van der Waals surface area contributed by atoms with Gasteiger partial charge in [-0.05, 0) is 6.07 Å². The van der Waals surface area contributed by atoms with E-state index < -0.39 is 0 Å². The standard InChI is InChI=1S/C11H7ClN2O/c12-10-5-8(7-15)1-2-9(10)11-6-13-3-4-14-11/h1-7H. The molecular formula is C11H7ClN2O. The van der Waals surface area contributed by atoms with Crippen LogP contribution in [0.1, 0.15) is 10.4 Å². The van der Waals surface area contributed by atoms with Crippen LogP contribution >= 0.6 is 11.6 Å². The Bertz CT molecular complexity index is 485. The Kier molecular flexibility index (Phi) is 2.74. The van der Waals surface area contributed by atoms with E-state index in [9.17, 15) is 4.79 Å². The van der Waals surface area contributed by atoms with Gasteiger partial charge in [-0.1, -0.05) is 23.7 Å². The molecule has 0 radical (unpaired) electrons. The molecule has 0 aliphatic carbocycles. The zero-order valence-corrected chi connectivity index (χ0v) is 8.48. The van der Waals surface area contributed by atoms with E-state index >= 15 is 0 Å². The lowest BCUT2D eigenvalue weighted by molar-refractivity contribution is 0.112. The maximum absolute atomic E-state index is 10.5. The number of halogens is 1. The summed E-state index contributed by atoms with van der Waals surface area (Å²) in [7, 11) is 0. The second-order valence-electron chi connectivity index (χ2n) is 2.95. The van der Waals surface area contributed by atoms with Gasteiger partial charge in [0.2, 0.25) is 0 Å². The fourth-order valence-electron chi connectivity index (χ4n) is 1.25. The Morgan fingerprint density at radius 2 is 2.13 bits per heavy atom. The second kappa shape index (κ2) is 4.19. The van der Waals surface area contributed by atoms with Crippen molar-refractivity contribution in [3.63, 3.8) is 0 Å². The van der Waals surface area contributed by atoms with Gasteiger partial charge in [-0.15, -0.1) is 0 Å². The molecule has 0 amide bonds. The average molecular weight is 219 g/mol. The number of aromatic nitrogens is 2. The maximum atomic E-state index is 10.5. The highest BCUT2D eigenvalue weighted by Gasteiger charge is 2.05. The predicted molar refractivity (Wildman–Crippen MR) is 57.9 cm³/mol. The second-order valence-corrected chi connectivity index (χ2v) is 3.35. The minimum atomic E-state index is 0.500. The van der Waals surface area contributed by atoms with Gasteiger partial charge in [0, 0.05) is 23.5 Å². The van der Waals surface area contributed by atoms with Gasteiger partial charge in [-0.3, -0.25) is 14.8 Å². The van der Waals surface area contributed by atoms with Gasteiger partial charge in [0.15, 0.2) is 0 Å². The van der Waals surface area contributed by atoms with E-state index in [0.717, 1.165) is 11.8 Å². The van der Waals surface area contributed by atoms with Gasteiger partial charge in [0.05, 0.1) is 16.9 Å². The van der Waals surface area contributed by atoms with Crippen LogP contribution in [-0.2, 0) is 0 Å². The van der Waals surface area contributed by atoms with Crippen LogP contribution in [-0.4, -0.2) is 16.3 Å². The van der Waals surface area contributed by atoms with Crippen LogP contribution in [0.4, 0.5) is 0 Å². The average Bonchev–Trinajstić information content (AvgIpc) is 2.30. The summed E-state index contributed by atoms with van der Waals surface area (Å²) < 4.78 is 0. The summed E-state index contributed by atoms with van der Waals surface area (Å²) in [4.78, 5) is 18.6. The predicted octanol–water partition coefficient (Wildman–Crippen LogP) is 2.61. The van der Waals surface area contributed by atoms with Crippen molar-refractivity contribution in [1.29, 1.82) is 0 Å². The van der Waals surface area contributed by atoms with Crippen LogP contribution < -0.4 is 0 Å². The molecule has 0 spiro atoms. The van der Waals surface area contributed by atoms with E-state index in [2.05, 4.69) is 9.97 Å². The molecule has 1 aromatic carbocycles. The Morgan fingerprint density at radius 1 is 1.27 bits per heavy atom. The summed E-state index contributed by atoms with van der Waals surface area (Å²) in [5.41, 5.74) is 2.02. The number of nitrogens with zero attached hydrogens (tertiary/aromatic N) is 2. The molecule has 2 aromatic rings. The smallest absolute Gasteiger partial charge is 0.150 e. The summed E-state index contributed by atoms with van der Waals surface area (Å²) >= 11 is 6.02. The first kappa shape index (κ1) is 9.80. The molecule has 74 valence electrons. The first-order valence-electron chi connectivity index (χ1n) is 4.32. The third kappa shape index (κ3) is 2.02. The molecule has 0 atom stereocenters. The van der Waals surface area contributed by atoms with E-state index in [-0.39, 0.29) is 0 Å². The summed E-state index contributed by atoms with van der Waals surface area (Å²) in [6.45, 7) is 0. The minimum Gasteiger partial charge on any atom is -0.298 e. The van der Waals surface area contributed by atoms with E-state index in [4.69, 9.17) is 11.6 Å². The van der Waals surface area contributed by atoms with E-state index in [1.54, 1.807) is 36.8 Å². The van der Waals surface area contributed by atoms with Gasteiger partial charge >= 0.3 is 0 Å². The molecule has 0 saturated heterocycles. The summed E-state index contributed by atoms with van der Waals surface area (Å²) in [5.74, 6) is 0. The van der Waals surface area contributed by atoms with Gasteiger partial charge in [-0.25, -0.2) is 0 Å². The van der Waals surface area contributed by atoms with Crippen LogP contribution in [0.5, 0.6) is 0 Å². The highest BCUT2D eigenvalue weighted by atomic mass is 35.5. The number of hydrogen-bond donors (Lipinski definition) is 0. The van der Waals surface area contributed by atoms with Crippen molar-refractivity contribution in [2.24, 2.45) is 0 Å². The Hall–Kier alpha value is -1.74. The number of carbonyl (C=O) groups excluding carboxylic acids is 1. The van der Waals surface area contributed by atoms with Crippen molar-refractivity contribution in [3.05, 3.63) is 47.4 Å². The molecule has 0 saturated carbocycles. The number of benzene rings is 1. The normalized spacial score (nSPS) is 9.93. The number of aldehydes is 1. The van der Waals surface area contributed by atoms with Crippen molar-refractivity contribution in [2.45, 2.75) is 0 Å². The highest BCUT2D eigenvalue weighted by molar-refractivity contribution is 6.33. The summed E-state index contributed by atoms with van der Waals surface area (Å²) in [6, 6.07) is 5.07. The van der Waals surface area contributed by atoms with Crippen LogP contribution in [0.15, 0.2) is 36.8 Å². The molecule has 0 aliphatic heterocycles. The fraction of sp³-hybridized carbons (Fsp3) is 0. The molecule has 0 bridgehead atoms. The van der Waals surface area contributed by atoms with Crippen LogP contribution in [0.2, 0.25) is 5.02 Å². The van der Waals surface area contributed by atoms with E-state index in [0.29, 0.717) is 16.3 Å². The first-order chi connectivity index (χ1) is 7.31. The molecule has 0 fully saturated rings. The third-order valence-corrected chi connectivity index (χ3v) is 2.28. The van der Waals surface area contributed by atoms with Crippen molar-refractivity contribution in [1.82, 2.24) is 9.97 Å². The van der Waals surface area contributed by atoms with E-state index in [1.807, 2.05) is 0 Å². The van der Waals surface area contributed by atoms with Crippen molar-refractivity contribution in [2.75, 3.05) is 0 Å². The molecule has 15 heavy (non-hydrogen) atoms. The zero-order valence-electron chi connectivity index (χ0n) is 7.72. The van der Waals surface area contributed by atoms with Crippen LogP contribution in [0.3, 0.4) is 0 Å². The summed E-state index contributed by atoms with van der Waals surface area (Å²) in [5, 5.41) is 0.500. The highest BCUT2D eigenvalue weighted by Crippen LogP contribution is 2.26. The molecule has 1 heterocycles. The van der Waals surface area contributed by atoms with Crippen molar-refractivity contribution < 1.29 is 4.79 Å². The van der Waals surface area contributed by atoms with Gasteiger partial charge < -0.3 is 0 Å². The van der Waals surface area contributed by atoms with E-state index in [1.165, 1.54) is 0 Å². The summed E-state index contributed by atoms with van der Waals surface area (Å²) in [6.07, 6.45) is 5.57. The monoisotopic (exact) mass is 218 g/mol. The molecule has 0 N–H and O–H groups in total. The first-order valence-corrected chi connectivity index (χ1v) is 4.70. The van der Waals surface area contributed by atoms with Gasteiger partial charge in [0.1, 0.15) is 6.29 Å². The van der Waals surface area contributed by atoms with Gasteiger partial charge in [0.25, 0.3) is 0 Å². The Labute approximate surface area is 91.8 Å². The van der Waals surface area contributed by atoms with Crippen molar-refractivity contribution in [3.8, 4) is 11.3 Å². The molecular weight excluding hydrogens is 212 g/mol. The Balaban J connectivity index is 2.51. The molecule has 0 unspecified atom stereocenters. The van der Waals surface area contributed by atoms with Crippen LogP contribution in [0.25, 0.3) is 11.3 Å². The molecule has 2 rings (SSSR count). The lowest BCUT2D eigenvalue weighted by atomic mass is 10.1. The minimum absolute atomic E-state index is 0.500. The lowest BCUT2D eigenvalue weighted by Crippen LogP contribution is -1.87. The quantitative estimate of drug-likeness (QED) is 0.728. The van der Waals surface area contributed by atoms with Crippen molar-refractivity contribution >= 4 is 17.9 Å². The molecule has 0 aliphatic rings. The maximum Gasteiger partial charge on any atom is 0.150 e. The number of carbonyl (C=O) groups is 1. The SMILES string of the molecule is O=Cc1ccc(-c2cnccn2)c(Cl)c1. The van der Waals surface area contributed by atoms with Crippen LogP contribution in [0, 0.1) is 0 Å². The largest absolute Gasteiger partial charge is 0.298 e. The number of rotatable bonds is 2.